The average molecular weight is 426 g/mol. The zero-order valence-electron chi connectivity index (χ0n) is 17.1. The van der Waals surface area contributed by atoms with Crippen molar-refractivity contribution in [3.8, 4) is 5.69 Å². The monoisotopic (exact) mass is 425 g/mol. The molecule has 156 valence electrons. The molecule has 5 nitrogen and oxygen atoms in total. The number of nitrogens with one attached hydrogen (secondary N) is 1. The Kier molecular flexibility index (Phi) is 5.56. The summed E-state index contributed by atoms with van der Waals surface area (Å²) in [5.41, 5.74) is 3.47. The van der Waals surface area contributed by atoms with Crippen LogP contribution in [0.2, 0.25) is 0 Å². The number of hydrogen-bond acceptors (Lipinski definition) is 3. The van der Waals surface area contributed by atoms with Gasteiger partial charge in [-0.3, -0.25) is 19.8 Å². The summed E-state index contributed by atoms with van der Waals surface area (Å²) in [6, 6.07) is 8.18. The third-order valence-corrected chi connectivity index (χ3v) is 6.23. The van der Waals surface area contributed by atoms with Gasteiger partial charge in [0.2, 0.25) is 0 Å². The van der Waals surface area contributed by atoms with E-state index in [1.54, 1.807) is 23.1 Å². The molecule has 2 amide bonds. The van der Waals surface area contributed by atoms with Crippen molar-refractivity contribution < 1.29 is 14.0 Å². The lowest BCUT2D eigenvalue weighted by Crippen LogP contribution is -2.57. The van der Waals surface area contributed by atoms with Crippen LogP contribution in [0.25, 0.3) is 11.8 Å². The second kappa shape index (κ2) is 8.14. The van der Waals surface area contributed by atoms with Gasteiger partial charge in [0.05, 0.1) is 0 Å². The van der Waals surface area contributed by atoms with Crippen LogP contribution in [0, 0.1) is 19.7 Å². The molecule has 1 aliphatic heterocycles. The molecular formula is C23H24FN3O2S. The predicted octanol–water partition coefficient (Wildman–Crippen LogP) is 4.19. The second-order valence-corrected chi connectivity index (χ2v) is 8.31. The molecule has 2 heterocycles. The zero-order valence-corrected chi connectivity index (χ0v) is 17.9. The van der Waals surface area contributed by atoms with Crippen molar-refractivity contribution in [3.05, 3.63) is 58.7 Å². The Balaban J connectivity index is 1.70. The molecule has 4 rings (SSSR count). The number of rotatable bonds is 3. The van der Waals surface area contributed by atoms with Gasteiger partial charge in [-0.05, 0) is 80.9 Å². The van der Waals surface area contributed by atoms with E-state index in [4.69, 9.17) is 12.2 Å². The normalized spacial score (nSPS) is 19.5. The van der Waals surface area contributed by atoms with Crippen LogP contribution in [-0.4, -0.2) is 32.4 Å². The van der Waals surface area contributed by atoms with Gasteiger partial charge in [-0.2, -0.15) is 0 Å². The lowest BCUT2D eigenvalue weighted by atomic mass is 9.93. The Hall–Kier alpha value is -2.80. The summed E-state index contributed by atoms with van der Waals surface area (Å²) in [4.78, 5) is 27.4. The first-order valence-corrected chi connectivity index (χ1v) is 10.6. The summed E-state index contributed by atoms with van der Waals surface area (Å²) in [5, 5.41) is 2.89. The fourth-order valence-electron chi connectivity index (χ4n) is 4.42. The molecule has 1 saturated heterocycles. The van der Waals surface area contributed by atoms with Crippen LogP contribution >= 0.6 is 12.2 Å². The molecule has 1 aromatic carbocycles. The third kappa shape index (κ3) is 3.69. The Morgan fingerprint density at radius 2 is 1.77 bits per heavy atom. The number of benzene rings is 1. The van der Waals surface area contributed by atoms with Gasteiger partial charge in [-0.1, -0.05) is 19.3 Å². The molecule has 0 atom stereocenters. The summed E-state index contributed by atoms with van der Waals surface area (Å²) in [6.07, 6.45) is 6.71. The Morgan fingerprint density at radius 3 is 2.43 bits per heavy atom. The molecule has 1 aromatic heterocycles. The van der Waals surface area contributed by atoms with Gasteiger partial charge in [-0.15, -0.1) is 0 Å². The summed E-state index contributed by atoms with van der Waals surface area (Å²) >= 11 is 5.32. The van der Waals surface area contributed by atoms with Crippen LogP contribution < -0.4 is 5.32 Å². The van der Waals surface area contributed by atoms with Crippen molar-refractivity contribution in [2.75, 3.05) is 0 Å². The van der Waals surface area contributed by atoms with Gasteiger partial charge in [0.15, 0.2) is 5.11 Å². The van der Waals surface area contributed by atoms with Crippen molar-refractivity contribution in [3.63, 3.8) is 0 Å². The number of amides is 2. The Morgan fingerprint density at radius 1 is 1.10 bits per heavy atom. The van der Waals surface area contributed by atoms with Gasteiger partial charge in [0, 0.05) is 23.1 Å². The fourth-order valence-corrected chi connectivity index (χ4v) is 4.74. The summed E-state index contributed by atoms with van der Waals surface area (Å²) < 4.78 is 15.3. The van der Waals surface area contributed by atoms with Gasteiger partial charge >= 0.3 is 0 Å². The minimum atomic E-state index is -0.469. The predicted molar refractivity (Wildman–Crippen MR) is 118 cm³/mol. The molecular weight excluding hydrogens is 401 g/mol. The first-order valence-electron chi connectivity index (χ1n) is 10.2. The van der Waals surface area contributed by atoms with Crippen LogP contribution in [-0.2, 0) is 9.59 Å². The molecule has 30 heavy (non-hydrogen) atoms. The molecule has 2 fully saturated rings. The number of nitrogens with zero attached hydrogens (tertiary/aromatic N) is 2. The largest absolute Gasteiger partial charge is 0.318 e. The smallest absolute Gasteiger partial charge is 0.265 e. The summed E-state index contributed by atoms with van der Waals surface area (Å²) in [7, 11) is 0. The van der Waals surface area contributed by atoms with Crippen LogP contribution in [0.5, 0.6) is 0 Å². The summed E-state index contributed by atoms with van der Waals surface area (Å²) in [5.74, 6) is -1.10. The van der Waals surface area contributed by atoms with Crippen molar-refractivity contribution in [2.24, 2.45) is 0 Å². The standard InChI is InChI=1S/C23H24FN3O2S/c1-14-12-16(15(2)26(14)19-10-8-17(24)9-11-19)13-20-21(28)25-23(30)27(22(20)29)18-6-4-3-5-7-18/h8-13,18H,3-7H2,1-2H3,(H,25,28,30). The van der Waals surface area contributed by atoms with Crippen LogP contribution in [0.3, 0.4) is 0 Å². The number of aryl methyl sites for hydroxylation is 1. The third-order valence-electron chi connectivity index (χ3n) is 5.93. The highest BCUT2D eigenvalue weighted by Crippen LogP contribution is 2.28. The van der Waals surface area contributed by atoms with Crippen molar-refractivity contribution in [1.82, 2.24) is 14.8 Å². The van der Waals surface area contributed by atoms with Gasteiger partial charge in [0.1, 0.15) is 11.4 Å². The van der Waals surface area contributed by atoms with Crippen molar-refractivity contribution in [1.29, 1.82) is 0 Å². The van der Waals surface area contributed by atoms with Gasteiger partial charge < -0.3 is 4.57 Å². The van der Waals surface area contributed by atoms with E-state index in [0.717, 1.165) is 54.7 Å². The highest BCUT2D eigenvalue weighted by molar-refractivity contribution is 7.80. The Labute approximate surface area is 180 Å². The number of aromatic nitrogens is 1. The molecule has 2 aromatic rings. The number of carbonyl (C=O) groups excluding carboxylic acids is 2. The average Bonchev–Trinajstić information content (AvgIpc) is 3.00. The molecule has 7 heteroatoms. The number of halogens is 1. The molecule has 2 aliphatic rings. The van der Waals surface area contributed by atoms with E-state index in [9.17, 15) is 14.0 Å². The number of hydrogen-bond donors (Lipinski definition) is 1. The quantitative estimate of drug-likeness (QED) is 0.456. The number of carbonyl (C=O) groups is 2. The topological polar surface area (TPSA) is 54.3 Å². The Bertz CT molecular complexity index is 1050. The lowest BCUT2D eigenvalue weighted by Gasteiger charge is -2.37. The van der Waals surface area contributed by atoms with E-state index in [0.29, 0.717) is 0 Å². The van der Waals surface area contributed by atoms with E-state index in [2.05, 4.69) is 5.32 Å². The molecule has 1 aliphatic carbocycles. The van der Waals surface area contributed by atoms with E-state index in [1.807, 2.05) is 24.5 Å². The van der Waals surface area contributed by atoms with E-state index in [1.165, 1.54) is 12.1 Å². The van der Waals surface area contributed by atoms with Gasteiger partial charge in [-0.25, -0.2) is 4.39 Å². The zero-order chi connectivity index (χ0) is 21.4. The highest BCUT2D eigenvalue weighted by Gasteiger charge is 2.38. The fraction of sp³-hybridized carbons (Fsp3) is 0.348. The SMILES string of the molecule is Cc1cc(C=C2C(=O)NC(=S)N(C3CCCCC3)C2=O)c(C)n1-c1ccc(F)cc1. The molecule has 0 bridgehead atoms. The minimum absolute atomic E-state index is 0.0365. The maximum atomic E-state index is 13.3. The summed E-state index contributed by atoms with van der Waals surface area (Å²) in [6.45, 7) is 3.85. The molecule has 1 N–H and O–H groups in total. The van der Waals surface area contributed by atoms with Gasteiger partial charge in [0.25, 0.3) is 11.8 Å². The van der Waals surface area contributed by atoms with Crippen LogP contribution in [0.1, 0.15) is 49.1 Å². The second-order valence-electron chi connectivity index (χ2n) is 7.92. The minimum Gasteiger partial charge on any atom is -0.318 e. The molecule has 1 saturated carbocycles. The number of thiocarbonyl (C=S) groups is 1. The van der Waals surface area contributed by atoms with Crippen LogP contribution in [0.4, 0.5) is 4.39 Å². The van der Waals surface area contributed by atoms with E-state index in [-0.39, 0.29) is 28.5 Å². The van der Waals surface area contributed by atoms with Crippen molar-refractivity contribution >= 4 is 35.2 Å². The molecule has 0 radical (unpaired) electrons. The first-order chi connectivity index (χ1) is 14.4. The molecule has 0 spiro atoms. The lowest BCUT2D eigenvalue weighted by molar-refractivity contribution is -0.130. The highest BCUT2D eigenvalue weighted by atomic mass is 32.1. The first kappa shape index (κ1) is 20.5. The van der Waals surface area contributed by atoms with Crippen molar-refractivity contribution in [2.45, 2.75) is 52.0 Å². The molecule has 0 unspecified atom stereocenters. The maximum Gasteiger partial charge on any atom is 0.265 e. The maximum absolute atomic E-state index is 13.3. The van der Waals surface area contributed by atoms with Crippen LogP contribution in [0.15, 0.2) is 35.9 Å². The van der Waals surface area contributed by atoms with E-state index < -0.39 is 5.91 Å². The van der Waals surface area contributed by atoms with E-state index >= 15 is 0 Å².